The van der Waals surface area contributed by atoms with Crippen molar-refractivity contribution in [1.29, 1.82) is 0 Å². The molecule has 0 saturated heterocycles. The molecule has 1 N–H and O–H groups in total. The molecule has 0 heterocycles. The lowest BCUT2D eigenvalue weighted by Crippen LogP contribution is -2.23. The normalized spacial score (nSPS) is 10.8. The average molecular weight is 304 g/mol. The van der Waals surface area contributed by atoms with Crippen molar-refractivity contribution < 1.29 is 9.18 Å². The molecular formula is C17H15ClFNO. The van der Waals surface area contributed by atoms with Crippen LogP contribution in [0.5, 0.6) is 0 Å². The molecule has 21 heavy (non-hydrogen) atoms. The van der Waals surface area contributed by atoms with Gasteiger partial charge in [-0.15, -0.1) is 0 Å². The molecule has 0 radical (unpaired) electrons. The van der Waals surface area contributed by atoms with Crippen molar-refractivity contribution in [3.05, 3.63) is 76.6 Å². The highest BCUT2D eigenvalue weighted by atomic mass is 35.5. The van der Waals surface area contributed by atoms with Crippen LogP contribution in [0.2, 0.25) is 5.02 Å². The molecule has 4 heteroatoms. The summed E-state index contributed by atoms with van der Waals surface area (Å²) >= 11 is 5.78. The van der Waals surface area contributed by atoms with E-state index in [1.54, 1.807) is 30.3 Å². The van der Waals surface area contributed by atoms with Gasteiger partial charge < -0.3 is 5.32 Å². The molecule has 1 amide bonds. The zero-order valence-electron chi connectivity index (χ0n) is 11.4. The van der Waals surface area contributed by atoms with Gasteiger partial charge in [-0.05, 0) is 47.9 Å². The van der Waals surface area contributed by atoms with Crippen LogP contribution in [0, 0.1) is 5.82 Å². The van der Waals surface area contributed by atoms with E-state index in [0.717, 1.165) is 11.1 Å². The van der Waals surface area contributed by atoms with E-state index < -0.39 is 0 Å². The van der Waals surface area contributed by atoms with Crippen molar-refractivity contribution in [1.82, 2.24) is 5.32 Å². The Labute approximate surface area is 128 Å². The first kappa shape index (κ1) is 15.3. The van der Waals surface area contributed by atoms with Crippen LogP contribution >= 0.6 is 11.6 Å². The summed E-state index contributed by atoms with van der Waals surface area (Å²) < 4.78 is 12.7. The fraction of sp³-hybridized carbons (Fsp3) is 0.118. The average Bonchev–Trinajstić information content (AvgIpc) is 2.49. The number of hydrogen-bond donors (Lipinski definition) is 1. The van der Waals surface area contributed by atoms with Crippen LogP contribution in [0.4, 0.5) is 4.39 Å². The molecule has 0 atom stereocenters. The smallest absolute Gasteiger partial charge is 0.244 e. The number of halogens is 2. The highest BCUT2D eigenvalue weighted by molar-refractivity contribution is 6.30. The van der Waals surface area contributed by atoms with Crippen LogP contribution in [0.15, 0.2) is 54.6 Å². The summed E-state index contributed by atoms with van der Waals surface area (Å²) in [5.41, 5.74) is 1.89. The molecule has 0 bridgehead atoms. The molecule has 0 aliphatic carbocycles. The van der Waals surface area contributed by atoms with Gasteiger partial charge >= 0.3 is 0 Å². The van der Waals surface area contributed by atoms with E-state index in [0.29, 0.717) is 18.0 Å². The number of hydrogen-bond acceptors (Lipinski definition) is 1. The molecule has 0 unspecified atom stereocenters. The van der Waals surface area contributed by atoms with Gasteiger partial charge in [0.15, 0.2) is 0 Å². The SMILES string of the molecule is O=C(C=Cc1ccc(Cl)cc1)NCCc1ccc(F)cc1. The van der Waals surface area contributed by atoms with Crippen LogP contribution in [0.25, 0.3) is 6.08 Å². The Hall–Kier alpha value is -2.13. The third-order valence-electron chi connectivity index (χ3n) is 2.92. The van der Waals surface area contributed by atoms with Gasteiger partial charge in [0.05, 0.1) is 0 Å². The monoisotopic (exact) mass is 303 g/mol. The summed E-state index contributed by atoms with van der Waals surface area (Å²) in [6.07, 6.45) is 3.87. The summed E-state index contributed by atoms with van der Waals surface area (Å²) in [4.78, 5) is 11.6. The number of rotatable bonds is 5. The quantitative estimate of drug-likeness (QED) is 0.835. The van der Waals surface area contributed by atoms with Gasteiger partial charge in [-0.2, -0.15) is 0 Å². The van der Waals surface area contributed by atoms with E-state index in [2.05, 4.69) is 5.32 Å². The predicted molar refractivity (Wildman–Crippen MR) is 83.6 cm³/mol. The molecule has 2 rings (SSSR count). The standard InChI is InChI=1S/C17H15ClFNO/c18-15-6-1-13(2-7-15)5-10-17(21)20-12-11-14-3-8-16(19)9-4-14/h1-10H,11-12H2,(H,20,21). The largest absolute Gasteiger partial charge is 0.352 e. The van der Waals surface area contributed by atoms with E-state index in [1.165, 1.54) is 18.2 Å². The maximum Gasteiger partial charge on any atom is 0.244 e. The fourth-order valence-corrected chi connectivity index (χ4v) is 1.91. The zero-order valence-corrected chi connectivity index (χ0v) is 12.1. The Kier molecular flexibility index (Phi) is 5.52. The molecule has 0 saturated carbocycles. The lowest BCUT2D eigenvalue weighted by molar-refractivity contribution is -0.116. The summed E-state index contributed by atoms with van der Waals surface area (Å²) in [5.74, 6) is -0.416. The molecule has 2 aromatic carbocycles. The number of carbonyl (C=O) groups is 1. The zero-order chi connectivity index (χ0) is 15.1. The molecule has 0 fully saturated rings. The van der Waals surface area contributed by atoms with Gasteiger partial charge in [0, 0.05) is 17.6 Å². The van der Waals surface area contributed by atoms with Gasteiger partial charge in [0.25, 0.3) is 0 Å². The highest BCUT2D eigenvalue weighted by Crippen LogP contribution is 2.10. The van der Waals surface area contributed by atoms with Crippen molar-refractivity contribution >= 4 is 23.6 Å². The van der Waals surface area contributed by atoms with E-state index >= 15 is 0 Å². The summed E-state index contributed by atoms with van der Waals surface area (Å²) in [5, 5.41) is 3.44. The van der Waals surface area contributed by atoms with Crippen LogP contribution in [0.1, 0.15) is 11.1 Å². The Morgan fingerprint density at radius 3 is 2.43 bits per heavy atom. The van der Waals surface area contributed by atoms with E-state index in [1.807, 2.05) is 12.1 Å². The van der Waals surface area contributed by atoms with Crippen LogP contribution in [0.3, 0.4) is 0 Å². The van der Waals surface area contributed by atoms with Crippen molar-refractivity contribution in [2.24, 2.45) is 0 Å². The highest BCUT2D eigenvalue weighted by Gasteiger charge is 1.97. The van der Waals surface area contributed by atoms with E-state index in [4.69, 9.17) is 11.6 Å². The maximum atomic E-state index is 12.7. The lowest BCUT2D eigenvalue weighted by atomic mass is 10.1. The third-order valence-corrected chi connectivity index (χ3v) is 3.18. The lowest BCUT2D eigenvalue weighted by Gasteiger charge is -2.02. The Morgan fingerprint density at radius 2 is 1.76 bits per heavy atom. The topological polar surface area (TPSA) is 29.1 Å². The molecular weight excluding hydrogens is 289 g/mol. The minimum Gasteiger partial charge on any atom is -0.352 e. The first-order chi connectivity index (χ1) is 10.1. The van der Waals surface area contributed by atoms with Gasteiger partial charge in [0.2, 0.25) is 5.91 Å². The Bertz CT molecular complexity index is 620. The molecule has 0 spiro atoms. The maximum absolute atomic E-state index is 12.7. The third kappa shape index (κ3) is 5.40. The molecule has 0 aliphatic heterocycles. The van der Waals surface area contributed by atoms with Crippen molar-refractivity contribution in [3.63, 3.8) is 0 Å². The predicted octanol–water partition coefficient (Wildman–Crippen LogP) is 3.85. The summed E-state index contributed by atoms with van der Waals surface area (Å²) in [6.45, 7) is 0.509. The summed E-state index contributed by atoms with van der Waals surface area (Å²) in [7, 11) is 0. The minimum atomic E-state index is -0.256. The first-order valence-corrected chi connectivity index (χ1v) is 6.97. The number of amides is 1. The molecule has 2 aromatic rings. The summed E-state index contributed by atoms with van der Waals surface area (Å²) in [6, 6.07) is 13.5. The molecule has 0 aliphatic rings. The fourth-order valence-electron chi connectivity index (χ4n) is 1.79. The van der Waals surface area contributed by atoms with Gasteiger partial charge in [-0.1, -0.05) is 35.9 Å². The molecule has 0 aromatic heterocycles. The second kappa shape index (κ2) is 7.60. The van der Waals surface area contributed by atoms with Gasteiger partial charge in [-0.25, -0.2) is 4.39 Å². The van der Waals surface area contributed by atoms with E-state index in [9.17, 15) is 9.18 Å². The number of benzene rings is 2. The van der Waals surface area contributed by atoms with Crippen molar-refractivity contribution in [2.75, 3.05) is 6.54 Å². The van der Waals surface area contributed by atoms with Crippen LogP contribution in [-0.4, -0.2) is 12.5 Å². The van der Waals surface area contributed by atoms with Gasteiger partial charge in [-0.3, -0.25) is 4.79 Å². The number of carbonyl (C=O) groups excluding carboxylic acids is 1. The van der Waals surface area contributed by atoms with Crippen LogP contribution in [-0.2, 0) is 11.2 Å². The van der Waals surface area contributed by atoms with Crippen LogP contribution < -0.4 is 5.32 Å². The number of nitrogens with one attached hydrogen (secondary N) is 1. The van der Waals surface area contributed by atoms with Crippen molar-refractivity contribution in [2.45, 2.75) is 6.42 Å². The minimum absolute atomic E-state index is 0.160. The molecule has 2 nitrogen and oxygen atoms in total. The Morgan fingerprint density at radius 1 is 1.10 bits per heavy atom. The molecule has 108 valence electrons. The van der Waals surface area contributed by atoms with E-state index in [-0.39, 0.29) is 11.7 Å². The Balaban J connectivity index is 1.77. The first-order valence-electron chi connectivity index (χ1n) is 6.59. The second-order valence-corrected chi connectivity index (χ2v) is 4.99. The second-order valence-electron chi connectivity index (χ2n) is 4.55. The van der Waals surface area contributed by atoms with Gasteiger partial charge in [0.1, 0.15) is 5.82 Å². The van der Waals surface area contributed by atoms with Crippen molar-refractivity contribution in [3.8, 4) is 0 Å².